The van der Waals surface area contributed by atoms with Crippen LogP contribution in [-0.2, 0) is 0 Å². The van der Waals surface area contributed by atoms with Crippen LogP contribution in [0.25, 0.3) is 10.8 Å². The minimum absolute atomic E-state index is 0.0559. The predicted molar refractivity (Wildman–Crippen MR) is 87.6 cm³/mol. The first kappa shape index (κ1) is 17.0. The Kier molecular flexibility index (Phi) is 5.05. The molecule has 0 aromatic heterocycles. The Morgan fingerprint density at radius 2 is 1.91 bits per heavy atom. The molecular formula is C15H14F3N3OS. The number of phenolic OH excluding ortho intramolecular Hbond substituents is 1. The van der Waals surface area contributed by atoms with Crippen LogP contribution in [0.4, 0.5) is 13.2 Å². The number of nitrogens with one attached hydrogen (secondary N) is 2. The quantitative estimate of drug-likeness (QED) is 0.455. The highest BCUT2D eigenvalue weighted by molar-refractivity contribution is 7.80. The number of nitrogens with zero attached hydrogens (tertiary/aromatic N) is 1. The molecule has 8 heteroatoms. The van der Waals surface area contributed by atoms with Crippen molar-refractivity contribution in [1.82, 2.24) is 10.7 Å². The topological polar surface area (TPSA) is 56.7 Å². The van der Waals surface area contributed by atoms with Gasteiger partial charge in [-0.25, -0.2) is 0 Å². The molecule has 0 aliphatic carbocycles. The third-order valence-corrected chi connectivity index (χ3v) is 3.30. The number of halogens is 3. The molecule has 23 heavy (non-hydrogen) atoms. The van der Waals surface area contributed by atoms with Crippen molar-refractivity contribution in [3.05, 3.63) is 42.0 Å². The zero-order valence-electron chi connectivity index (χ0n) is 12.1. The van der Waals surface area contributed by atoms with E-state index < -0.39 is 12.7 Å². The summed E-state index contributed by atoms with van der Waals surface area (Å²) in [5.74, 6) is 0.0559. The van der Waals surface area contributed by atoms with Crippen LogP contribution < -0.4 is 10.7 Å². The first-order valence-electron chi connectivity index (χ1n) is 6.64. The summed E-state index contributed by atoms with van der Waals surface area (Å²) in [6.45, 7) is 0.373. The van der Waals surface area contributed by atoms with Crippen LogP contribution in [0.15, 0.2) is 41.5 Å². The summed E-state index contributed by atoms with van der Waals surface area (Å²) < 4.78 is 36.2. The highest BCUT2D eigenvalue weighted by Gasteiger charge is 2.26. The zero-order valence-corrected chi connectivity index (χ0v) is 12.9. The van der Waals surface area contributed by atoms with Gasteiger partial charge in [-0.2, -0.15) is 18.3 Å². The van der Waals surface area contributed by atoms with Gasteiger partial charge in [-0.3, -0.25) is 5.43 Å². The summed E-state index contributed by atoms with van der Waals surface area (Å²) in [7, 11) is 0. The molecule has 0 heterocycles. The molecule has 2 aromatic carbocycles. The lowest BCUT2D eigenvalue weighted by molar-refractivity contribution is -0.122. The molecule has 0 saturated heterocycles. The first-order chi connectivity index (χ1) is 10.8. The van der Waals surface area contributed by atoms with Crippen molar-refractivity contribution < 1.29 is 18.3 Å². The molecule has 0 amide bonds. The second-order valence-electron chi connectivity index (χ2n) is 4.79. The van der Waals surface area contributed by atoms with Crippen molar-refractivity contribution >= 4 is 33.8 Å². The van der Waals surface area contributed by atoms with E-state index in [4.69, 9.17) is 12.2 Å². The van der Waals surface area contributed by atoms with Gasteiger partial charge in [-0.15, -0.1) is 0 Å². The Hall–Kier alpha value is -2.35. The van der Waals surface area contributed by atoms with E-state index in [0.29, 0.717) is 16.7 Å². The lowest BCUT2D eigenvalue weighted by atomic mass is 10.0. The van der Waals surface area contributed by atoms with Gasteiger partial charge in [0.2, 0.25) is 0 Å². The molecule has 0 atom stereocenters. The lowest BCUT2D eigenvalue weighted by Gasteiger charge is -2.11. The molecule has 0 saturated carbocycles. The van der Waals surface area contributed by atoms with E-state index in [-0.39, 0.29) is 10.9 Å². The van der Waals surface area contributed by atoms with Crippen molar-refractivity contribution in [1.29, 1.82) is 0 Å². The predicted octanol–water partition coefficient (Wildman–Crippen LogP) is 3.30. The Morgan fingerprint density at radius 1 is 1.22 bits per heavy atom. The zero-order chi connectivity index (χ0) is 17.0. The van der Waals surface area contributed by atoms with Crippen molar-refractivity contribution in [2.75, 3.05) is 6.54 Å². The number of hydrazone groups is 1. The molecule has 3 N–H and O–H groups in total. The third kappa shape index (κ3) is 4.56. The van der Waals surface area contributed by atoms with Crippen LogP contribution in [-0.4, -0.2) is 28.7 Å². The van der Waals surface area contributed by atoms with Crippen LogP contribution in [0.3, 0.4) is 0 Å². The van der Waals surface area contributed by atoms with E-state index in [1.165, 1.54) is 0 Å². The molecular weight excluding hydrogens is 327 g/mol. The molecule has 0 aliphatic heterocycles. The maximum atomic E-state index is 12.1. The van der Waals surface area contributed by atoms with Gasteiger partial charge in [0.15, 0.2) is 5.11 Å². The summed E-state index contributed by atoms with van der Waals surface area (Å²) in [4.78, 5) is 0. The van der Waals surface area contributed by atoms with Crippen molar-refractivity contribution in [2.45, 2.75) is 13.1 Å². The first-order valence-corrected chi connectivity index (χ1v) is 7.05. The molecule has 0 unspecified atom stereocenters. The minimum atomic E-state index is -4.36. The number of alkyl halides is 3. The maximum Gasteiger partial charge on any atom is 0.405 e. The number of hydrogen-bond acceptors (Lipinski definition) is 3. The Bertz CT molecular complexity index is 759. The van der Waals surface area contributed by atoms with Crippen LogP contribution in [0, 0.1) is 0 Å². The van der Waals surface area contributed by atoms with Gasteiger partial charge in [0, 0.05) is 10.9 Å². The highest BCUT2D eigenvalue weighted by atomic mass is 32.1. The van der Waals surface area contributed by atoms with E-state index in [0.717, 1.165) is 5.39 Å². The number of hydrogen-bond donors (Lipinski definition) is 3. The fraction of sp³-hybridized carbons (Fsp3) is 0.200. The monoisotopic (exact) mass is 341 g/mol. The van der Waals surface area contributed by atoms with Crippen LogP contribution in [0.5, 0.6) is 5.75 Å². The fourth-order valence-corrected chi connectivity index (χ4v) is 2.08. The molecule has 2 rings (SSSR count). The average molecular weight is 341 g/mol. The molecule has 0 radical (unpaired) electrons. The molecule has 122 valence electrons. The van der Waals surface area contributed by atoms with E-state index in [2.05, 4.69) is 10.5 Å². The van der Waals surface area contributed by atoms with Crippen molar-refractivity contribution in [2.24, 2.45) is 5.10 Å². The van der Waals surface area contributed by atoms with E-state index >= 15 is 0 Å². The highest BCUT2D eigenvalue weighted by Crippen LogP contribution is 2.28. The third-order valence-electron chi connectivity index (χ3n) is 3.06. The van der Waals surface area contributed by atoms with Crippen LogP contribution in [0.1, 0.15) is 12.5 Å². The molecule has 4 nitrogen and oxygen atoms in total. The molecule has 0 bridgehead atoms. The Morgan fingerprint density at radius 3 is 2.61 bits per heavy atom. The largest absolute Gasteiger partial charge is 0.507 e. The summed E-state index contributed by atoms with van der Waals surface area (Å²) in [6.07, 6.45) is -4.36. The summed E-state index contributed by atoms with van der Waals surface area (Å²) in [6, 6.07) is 10.8. The number of thiocarbonyl (C=S) groups is 1. The van der Waals surface area contributed by atoms with Crippen LogP contribution in [0.2, 0.25) is 0 Å². The molecule has 0 fully saturated rings. The number of aromatic hydroxyl groups is 1. The summed E-state index contributed by atoms with van der Waals surface area (Å²) >= 11 is 4.71. The van der Waals surface area contributed by atoms with Gasteiger partial charge in [-0.05, 0) is 30.6 Å². The van der Waals surface area contributed by atoms with Crippen molar-refractivity contribution in [3.8, 4) is 5.75 Å². The van der Waals surface area contributed by atoms with E-state index in [9.17, 15) is 18.3 Å². The number of rotatable bonds is 3. The standard InChI is InChI=1S/C15H14F3N3OS/c1-9(20-21-14(23)19-8-15(16,17)18)11-7-6-10-4-2-3-5-12(10)13(11)22/h2-7,22H,8H2,1H3,(H2,19,21,23). The van der Waals surface area contributed by atoms with Gasteiger partial charge < -0.3 is 10.4 Å². The normalized spacial score (nSPS) is 12.3. The van der Waals surface area contributed by atoms with Gasteiger partial charge in [0.05, 0.1) is 5.71 Å². The smallest absolute Gasteiger partial charge is 0.405 e. The fourth-order valence-electron chi connectivity index (χ4n) is 1.96. The SMILES string of the molecule is CC(=NNC(=S)NCC(F)(F)F)c1ccc2ccccc2c1O. The van der Waals surface area contributed by atoms with E-state index in [1.807, 2.05) is 23.5 Å². The Balaban J connectivity index is 2.12. The molecule has 2 aromatic rings. The summed E-state index contributed by atoms with van der Waals surface area (Å²) in [5, 5.41) is 17.5. The lowest BCUT2D eigenvalue weighted by Crippen LogP contribution is -2.38. The minimum Gasteiger partial charge on any atom is -0.507 e. The van der Waals surface area contributed by atoms with Gasteiger partial charge in [0.25, 0.3) is 0 Å². The van der Waals surface area contributed by atoms with Crippen molar-refractivity contribution in [3.63, 3.8) is 0 Å². The number of fused-ring (bicyclic) bond motifs is 1. The molecule has 0 spiro atoms. The van der Waals surface area contributed by atoms with Gasteiger partial charge >= 0.3 is 6.18 Å². The second kappa shape index (κ2) is 6.82. The maximum absolute atomic E-state index is 12.1. The second-order valence-corrected chi connectivity index (χ2v) is 5.20. The molecule has 0 aliphatic rings. The number of benzene rings is 2. The number of phenols is 1. The van der Waals surface area contributed by atoms with Crippen LogP contribution >= 0.6 is 12.2 Å². The van der Waals surface area contributed by atoms with Gasteiger partial charge in [0.1, 0.15) is 12.3 Å². The Labute approximate surface area is 136 Å². The van der Waals surface area contributed by atoms with Gasteiger partial charge in [-0.1, -0.05) is 30.3 Å². The van der Waals surface area contributed by atoms with E-state index in [1.54, 1.807) is 25.1 Å². The average Bonchev–Trinajstić information content (AvgIpc) is 2.50. The summed E-state index contributed by atoms with van der Waals surface area (Å²) in [5.41, 5.74) is 3.19.